The normalized spacial score (nSPS) is 22.6. The third-order valence-corrected chi connectivity index (χ3v) is 6.75. The molecule has 0 aromatic heterocycles. The molecule has 1 aromatic carbocycles. The highest BCUT2D eigenvalue weighted by Crippen LogP contribution is 2.39. The molecule has 160 valence electrons. The molecule has 0 saturated heterocycles. The molecule has 0 heterocycles. The summed E-state index contributed by atoms with van der Waals surface area (Å²) in [5.41, 5.74) is 0.117. The van der Waals surface area contributed by atoms with Gasteiger partial charge < -0.3 is 19.9 Å². The first-order valence-electron chi connectivity index (χ1n) is 9.74. The Hall–Kier alpha value is -1.84. The van der Waals surface area contributed by atoms with Crippen molar-refractivity contribution in [2.45, 2.75) is 58.3 Å². The zero-order chi connectivity index (χ0) is 21.4. The van der Waals surface area contributed by atoms with Gasteiger partial charge in [0.1, 0.15) is 18.8 Å². The van der Waals surface area contributed by atoms with Crippen LogP contribution in [-0.4, -0.2) is 39.7 Å². The summed E-state index contributed by atoms with van der Waals surface area (Å²) in [6.45, 7) is 3.74. The van der Waals surface area contributed by atoms with Crippen molar-refractivity contribution in [3.05, 3.63) is 35.9 Å². The van der Waals surface area contributed by atoms with Crippen molar-refractivity contribution in [2.24, 2.45) is 11.3 Å². The van der Waals surface area contributed by atoms with Gasteiger partial charge in [0.25, 0.3) is 0 Å². The number of carboxylic acid groups (broad SMARTS) is 1. The highest BCUT2D eigenvalue weighted by molar-refractivity contribution is 14.1. The van der Waals surface area contributed by atoms with E-state index in [2.05, 4.69) is 27.9 Å². The molecule has 0 bridgehead atoms. The van der Waals surface area contributed by atoms with E-state index in [4.69, 9.17) is 9.47 Å². The van der Waals surface area contributed by atoms with Crippen LogP contribution in [0.1, 0.15) is 45.1 Å². The Kier molecular flexibility index (Phi) is 8.73. The minimum absolute atomic E-state index is 0.114. The van der Waals surface area contributed by atoms with Gasteiger partial charge in [-0.1, -0.05) is 66.8 Å². The second kappa shape index (κ2) is 10.8. The third kappa shape index (κ3) is 6.58. The minimum Gasteiger partial charge on any atom is -0.481 e. The van der Waals surface area contributed by atoms with Crippen LogP contribution < -0.4 is 5.32 Å². The molecule has 1 aliphatic carbocycles. The molecule has 1 saturated carbocycles. The Bertz CT molecular complexity index is 700. The molecule has 8 heteroatoms. The van der Waals surface area contributed by atoms with Crippen LogP contribution in [-0.2, 0) is 25.7 Å². The highest BCUT2D eigenvalue weighted by Gasteiger charge is 2.42. The standard InChI is InChI=1S/C21H28INO6/c1-14(2)17(23-20(27)28-12-15-6-4-3-5-7-15)18(24)29-16-8-10-21(13-22,11-9-16)19(25)26/h3-7,14,16-17H,8-13H2,1-2H3,(H,23,27)(H,25,26)/t16?,17-,21?/m0/s1. The summed E-state index contributed by atoms with van der Waals surface area (Å²) in [5.74, 6) is -1.48. The predicted molar refractivity (Wildman–Crippen MR) is 116 cm³/mol. The number of aliphatic carboxylic acids is 1. The number of hydrogen-bond acceptors (Lipinski definition) is 5. The number of carbonyl (C=O) groups is 3. The van der Waals surface area contributed by atoms with Gasteiger partial charge in [0.15, 0.2) is 0 Å². The van der Waals surface area contributed by atoms with Crippen LogP contribution in [0, 0.1) is 11.3 Å². The van der Waals surface area contributed by atoms with Gasteiger partial charge in [0.05, 0.1) is 5.41 Å². The van der Waals surface area contributed by atoms with Gasteiger partial charge in [-0.25, -0.2) is 9.59 Å². The summed E-state index contributed by atoms with van der Waals surface area (Å²) in [5, 5.41) is 12.1. The molecule has 1 aliphatic rings. The van der Waals surface area contributed by atoms with E-state index >= 15 is 0 Å². The van der Waals surface area contributed by atoms with E-state index in [1.54, 1.807) is 0 Å². The Labute approximate surface area is 184 Å². The Morgan fingerprint density at radius 2 is 1.83 bits per heavy atom. The SMILES string of the molecule is CC(C)[C@H](NC(=O)OCc1ccccc1)C(=O)OC1CCC(CI)(C(=O)O)CC1. The van der Waals surface area contributed by atoms with E-state index < -0.39 is 29.5 Å². The van der Waals surface area contributed by atoms with E-state index in [1.807, 2.05) is 44.2 Å². The number of carbonyl (C=O) groups excluding carboxylic acids is 2. The minimum atomic E-state index is -0.825. The summed E-state index contributed by atoms with van der Waals surface area (Å²) in [4.78, 5) is 36.3. The first-order chi connectivity index (χ1) is 13.8. The summed E-state index contributed by atoms with van der Waals surface area (Å²) >= 11 is 2.10. The maximum Gasteiger partial charge on any atom is 0.408 e. The van der Waals surface area contributed by atoms with Crippen molar-refractivity contribution < 1.29 is 29.0 Å². The molecular weight excluding hydrogens is 489 g/mol. The average molecular weight is 517 g/mol. The number of rotatable bonds is 8. The summed E-state index contributed by atoms with van der Waals surface area (Å²) in [6.07, 6.45) is 0.947. The van der Waals surface area contributed by atoms with Crippen LogP contribution in [0.3, 0.4) is 0 Å². The monoisotopic (exact) mass is 517 g/mol. The van der Waals surface area contributed by atoms with E-state index in [-0.39, 0.29) is 18.6 Å². The van der Waals surface area contributed by atoms with Crippen LogP contribution in [0.2, 0.25) is 0 Å². The average Bonchev–Trinajstić information content (AvgIpc) is 2.71. The Morgan fingerprint density at radius 3 is 2.34 bits per heavy atom. The van der Waals surface area contributed by atoms with Gasteiger partial charge in [-0.15, -0.1) is 0 Å². The second-order valence-electron chi connectivity index (χ2n) is 7.78. The number of esters is 1. The molecule has 1 fully saturated rings. The van der Waals surface area contributed by atoms with Gasteiger partial charge in [-0.2, -0.15) is 0 Å². The third-order valence-electron chi connectivity index (χ3n) is 5.29. The van der Waals surface area contributed by atoms with Gasteiger partial charge in [0, 0.05) is 4.43 Å². The lowest BCUT2D eigenvalue weighted by Crippen LogP contribution is -2.47. The van der Waals surface area contributed by atoms with E-state index in [9.17, 15) is 19.5 Å². The second-order valence-corrected chi connectivity index (χ2v) is 8.55. The quantitative estimate of drug-likeness (QED) is 0.308. The van der Waals surface area contributed by atoms with Gasteiger partial charge >= 0.3 is 18.0 Å². The zero-order valence-corrected chi connectivity index (χ0v) is 18.9. The maximum absolute atomic E-state index is 12.6. The van der Waals surface area contributed by atoms with Gasteiger partial charge in [-0.3, -0.25) is 4.79 Å². The topological polar surface area (TPSA) is 102 Å². The molecule has 1 aromatic rings. The van der Waals surface area contributed by atoms with Crippen LogP contribution in [0.4, 0.5) is 4.79 Å². The number of carboxylic acids is 1. The number of halogens is 1. The zero-order valence-electron chi connectivity index (χ0n) is 16.7. The fourth-order valence-electron chi connectivity index (χ4n) is 3.29. The fourth-order valence-corrected chi connectivity index (χ4v) is 4.38. The van der Waals surface area contributed by atoms with Crippen LogP contribution in [0.5, 0.6) is 0 Å². The number of ether oxygens (including phenoxy) is 2. The molecule has 1 atom stereocenters. The summed E-state index contributed by atoms with van der Waals surface area (Å²) in [7, 11) is 0. The molecule has 2 N–H and O–H groups in total. The molecule has 1 amide bonds. The van der Waals surface area contributed by atoms with Crippen LogP contribution >= 0.6 is 22.6 Å². The van der Waals surface area contributed by atoms with Crippen LogP contribution in [0.25, 0.3) is 0 Å². The Balaban J connectivity index is 1.86. The lowest BCUT2D eigenvalue weighted by atomic mass is 9.75. The van der Waals surface area contributed by atoms with Gasteiger partial charge in [-0.05, 0) is 37.2 Å². The molecule has 0 spiro atoms. The molecule has 7 nitrogen and oxygen atoms in total. The lowest BCUT2D eigenvalue weighted by Gasteiger charge is -2.35. The number of benzene rings is 1. The molecule has 0 aliphatic heterocycles. The molecule has 2 rings (SSSR count). The van der Waals surface area contributed by atoms with E-state index in [0.717, 1.165) is 5.56 Å². The highest BCUT2D eigenvalue weighted by atomic mass is 127. The Morgan fingerprint density at radius 1 is 1.21 bits per heavy atom. The van der Waals surface area contributed by atoms with Crippen molar-refractivity contribution in [3.8, 4) is 0 Å². The molecule has 0 unspecified atom stereocenters. The first-order valence-corrected chi connectivity index (χ1v) is 11.3. The molecule has 29 heavy (non-hydrogen) atoms. The number of alkyl halides is 1. The van der Waals surface area contributed by atoms with E-state index in [1.165, 1.54) is 0 Å². The fraction of sp³-hybridized carbons (Fsp3) is 0.571. The number of hydrogen-bond donors (Lipinski definition) is 2. The smallest absolute Gasteiger partial charge is 0.408 e. The van der Waals surface area contributed by atoms with Crippen LogP contribution in [0.15, 0.2) is 30.3 Å². The summed E-state index contributed by atoms with van der Waals surface area (Å²) in [6, 6.07) is 8.45. The maximum atomic E-state index is 12.6. The van der Waals surface area contributed by atoms with Crippen molar-refractivity contribution in [3.63, 3.8) is 0 Å². The molecule has 0 radical (unpaired) electrons. The predicted octanol–water partition coefficient (Wildman–Crippen LogP) is 3.93. The van der Waals surface area contributed by atoms with Crippen molar-refractivity contribution in [2.75, 3.05) is 4.43 Å². The van der Waals surface area contributed by atoms with E-state index in [0.29, 0.717) is 30.1 Å². The first kappa shape index (κ1) is 23.4. The van der Waals surface area contributed by atoms with Crippen molar-refractivity contribution >= 4 is 40.6 Å². The van der Waals surface area contributed by atoms with Crippen molar-refractivity contribution in [1.29, 1.82) is 0 Å². The molecular formula is C21H28INO6. The number of alkyl carbamates (subject to hydrolysis) is 1. The summed E-state index contributed by atoms with van der Waals surface area (Å²) < 4.78 is 11.3. The lowest BCUT2D eigenvalue weighted by molar-refractivity contribution is -0.158. The number of amides is 1. The number of nitrogens with one attached hydrogen (secondary N) is 1. The van der Waals surface area contributed by atoms with Gasteiger partial charge in [0.2, 0.25) is 0 Å². The van der Waals surface area contributed by atoms with Crippen molar-refractivity contribution in [1.82, 2.24) is 5.32 Å². The largest absolute Gasteiger partial charge is 0.481 e.